The Kier molecular flexibility index (Phi) is 3.95. The maximum Gasteiger partial charge on any atom is 0.158 e. The van der Waals surface area contributed by atoms with Crippen molar-refractivity contribution in [3.63, 3.8) is 0 Å². The van der Waals surface area contributed by atoms with Crippen molar-refractivity contribution < 1.29 is 5.11 Å². The zero-order chi connectivity index (χ0) is 15.5. The molecule has 0 fully saturated rings. The lowest BCUT2D eigenvalue weighted by Crippen LogP contribution is -2.20. The summed E-state index contributed by atoms with van der Waals surface area (Å²) in [5.74, 6) is 0.896. The molecule has 2 aromatic rings. The molecule has 108 valence electrons. The highest BCUT2D eigenvalue weighted by Gasteiger charge is 2.22. The molecule has 0 atom stereocenters. The van der Waals surface area contributed by atoms with Gasteiger partial charge in [0, 0.05) is 13.1 Å². The molecule has 0 bridgehead atoms. The zero-order valence-corrected chi connectivity index (χ0v) is 11.9. The molecule has 8 nitrogen and oxygen atoms in total. The Hall–Kier alpha value is -2.79. The number of aromatic nitrogens is 4. The van der Waals surface area contributed by atoms with E-state index >= 15 is 0 Å². The Bertz CT molecular complexity index is 670. The Morgan fingerprint density at radius 2 is 1.95 bits per heavy atom. The van der Waals surface area contributed by atoms with E-state index < -0.39 is 5.60 Å². The van der Waals surface area contributed by atoms with Crippen molar-refractivity contribution in [3.05, 3.63) is 29.8 Å². The normalized spacial score (nSPS) is 10.8. The van der Waals surface area contributed by atoms with Gasteiger partial charge in [-0.25, -0.2) is 9.97 Å². The third-order valence-corrected chi connectivity index (χ3v) is 2.67. The fourth-order valence-corrected chi connectivity index (χ4v) is 1.68. The maximum atomic E-state index is 10.0. The highest BCUT2D eigenvalue weighted by molar-refractivity contribution is 5.60. The Balaban J connectivity index is 2.27. The third-order valence-electron chi connectivity index (χ3n) is 2.67. The highest BCUT2D eigenvalue weighted by Crippen LogP contribution is 2.26. The molecule has 3 N–H and O–H groups in total. The summed E-state index contributed by atoms with van der Waals surface area (Å²) in [6.45, 7) is 3.27. The van der Waals surface area contributed by atoms with Crippen LogP contribution in [0.15, 0.2) is 18.5 Å². The average Bonchev–Trinajstić information content (AvgIpc) is 2.46. The van der Waals surface area contributed by atoms with E-state index in [1.54, 1.807) is 27.0 Å². The molecule has 0 spiro atoms. The molecule has 0 aliphatic rings. The van der Waals surface area contributed by atoms with Crippen molar-refractivity contribution in [2.75, 3.05) is 17.7 Å². The minimum Gasteiger partial charge on any atom is -0.386 e. The van der Waals surface area contributed by atoms with Gasteiger partial charge in [-0.15, -0.1) is 10.2 Å². The van der Waals surface area contributed by atoms with Crippen LogP contribution in [0.2, 0.25) is 0 Å². The lowest BCUT2D eigenvalue weighted by molar-refractivity contribution is 0.0737. The van der Waals surface area contributed by atoms with Crippen LogP contribution < -0.4 is 10.6 Å². The van der Waals surface area contributed by atoms with Gasteiger partial charge in [0.15, 0.2) is 11.5 Å². The molecule has 0 aliphatic heterocycles. The molecule has 0 saturated heterocycles. The largest absolute Gasteiger partial charge is 0.386 e. The average molecular weight is 285 g/mol. The molecule has 0 radical (unpaired) electrons. The van der Waals surface area contributed by atoms with Crippen molar-refractivity contribution in [2.45, 2.75) is 19.4 Å². The van der Waals surface area contributed by atoms with Crippen molar-refractivity contribution in [2.24, 2.45) is 0 Å². The van der Waals surface area contributed by atoms with Crippen molar-refractivity contribution in [1.82, 2.24) is 20.2 Å². The first-order valence-corrected chi connectivity index (χ1v) is 6.21. The Morgan fingerprint density at radius 1 is 1.19 bits per heavy atom. The van der Waals surface area contributed by atoms with Gasteiger partial charge in [0.2, 0.25) is 0 Å². The molecule has 0 aliphatic carbocycles. The van der Waals surface area contributed by atoms with Crippen molar-refractivity contribution in [3.8, 4) is 6.07 Å². The van der Waals surface area contributed by atoms with Crippen LogP contribution in [0.1, 0.15) is 25.2 Å². The van der Waals surface area contributed by atoms with E-state index in [1.807, 2.05) is 6.07 Å². The highest BCUT2D eigenvalue weighted by atomic mass is 16.3. The fraction of sp³-hybridized carbons (Fsp3) is 0.308. The Labute approximate surface area is 121 Å². The second-order valence-electron chi connectivity index (χ2n) is 4.82. The smallest absolute Gasteiger partial charge is 0.158 e. The Morgan fingerprint density at radius 3 is 2.48 bits per heavy atom. The van der Waals surface area contributed by atoms with E-state index in [4.69, 9.17) is 5.26 Å². The summed E-state index contributed by atoms with van der Waals surface area (Å²) in [6.07, 6.45) is 2.79. The SMILES string of the molecule is CNc1cc(Nc2cnc(C#N)cn2)nnc1C(C)(C)O. The van der Waals surface area contributed by atoms with Crippen molar-refractivity contribution in [1.29, 1.82) is 5.26 Å². The minimum atomic E-state index is -1.10. The van der Waals surface area contributed by atoms with Crippen molar-refractivity contribution >= 4 is 17.3 Å². The first kappa shape index (κ1) is 14.6. The predicted molar refractivity (Wildman–Crippen MR) is 76.9 cm³/mol. The van der Waals surface area contributed by atoms with Gasteiger partial charge in [0.1, 0.15) is 23.2 Å². The summed E-state index contributed by atoms with van der Waals surface area (Å²) in [5, 5.41) is 32.6. The van der Waals surface area contributed by atoms with Gasteiger partial charge in [0.25, 0.3) is 0 Å². The number of hydrogen-bond acceptors (Lipinski definition) is 8. The molecule has 0 amide bonds. The minimum absolute atomic E-state index is 0.236. The van der Waals surface area contributed by atoms with Gasteiger partial charge in [-0.2, -0.15) is 5.26 Å². The topological polar surface area (TPSA) is 120 Å². The summed E-state index contributed by atoms with van der Waals surface area (Å²) in [7, 11) is 1.73. The fourth-order valence-electron chi connectivity index (χ4n) is 1.68. The second kappa shape index (κ2) is 5.68. The van der Waals surface area contributed by atoms with E-state index in [0.29, 0.717) is 23.0 Å². The van der Waals surface area contributed by atoms with Gasteiger partial charge >= 0.3 is 0 Å². The summed E-state index contributed by atoms with van der Waals surface area (Å²) in [5.41, 5.74) is 0.237. The van der Waals surface area contributed by atoms with Gasteiger partial charge in [0.05, 0.1) is 18.1 Å². The molecule has 2 rings (SSSR count). The summed E-state index contributed by atoms with van der Waals surface area (Å²) in [6, 6.07) is 3.60. The number of nitrogens with one attached hydrogen (secondary N) is 2. The zero-order valence-electron chi connectivity index (χ0n) is 11.9. The molecule has 0 unspecified atom stereocenters. The first-order valence-electron chi connectivity index (χ1n) is 6.21. The lowest BCUT2D eigenvalue weighted by Gasteiger charge is -2.19. The summed E-state index contributed by atoms with van der Waals surface area (Å²) < 4.78 is 0. The number of aliphatic hydroxyl groups is 1. The predicted octanol–water partition coefficient (Wildman–Crippen LogP) is 1.15. The number of hydrogen-bond donors (Lipinski definition) is 3. The van der Waals surface area contributed by atoms with Crippen LogP contribution in [0.3, 0.4) is 0 Å². The summed E-state index contributed by atoms with van der Waals surface area (Å²) in [4.78, 5) is 7.94. The lowest BCUT2D eigenvalue weighted by atomic mass is 10.0. The van der Waals surface area contributed by atoms with Gasteiger partial charge in [-0.1, -0.05) is 0 Å². The maximum absolute atomic E-state index is 10.0. The number of nitriles is 1. The van der Waals surface area contributed by atoms with Crippen LogP contribution >= 0.6 is 0 Å². The standard InChI is InChI=1S/C13H15N7O/c1-13(2,21)12-9(15-3)4-10(19-20-12)18-11-7-16-8(5-14)6-17-11/h4,6-7,21H,1-3H3,(H2,15,17,18,19). The third kappa shape index (κ3) is 3.40. The molecule has 0 saturated carbocycles. The van der Waals surface area contributed by atoms with Crippen LogP contribution in [-0.4, -0.2) is 32.3 Å². The molecule has 2 aromatic heterocycles. The van der Waals surface area contributed by atoms with Crippen LogP contribution in [-0.2, 0) is 5.60 Å². The van der Waals surface area contributed by atoms with Gasteiger partial charge in [-0.05, 0) is 13.8 Å². The number of anilines is 3. The van der Waals surface area contributed by atoms with Crippen LogP contribution in [0.4, 0.5) is 17.3 Å². The van der Waals surface area contributed by atoms with E-state index in [9.17, 15) is 5.11 Å². The molecule has 8 heteroatoms. The first-order chi connectivity index (χ1) is 9.94. The van der Waals surface area contributed by atoms with Gasteiger partial charge < -0.3 is 15.7 Å². The van der Waals surface area contributed by atoms with E-state index in [-0.39, 0.29) is 5.69 Å². The number of rotatable bonds is 4. The van der Waals surface area contributed by atoms with E-state index in [1.165, 1.54) is 12.4 Å². The molecule has 2 heterocycles. The molecular weight excluding hydrogens is 270 g/mol. The molecule has 21 heavy (non-hydrogen) atoms. The quantitative estimate of drug-likeness (QED) is 0.765. The van der Waals surface area contributed by atoms with E-state index in [2.05, 4.69) is 30.8 Å². The summed E-state index contributed by atoms with van der Waals surface area (Å²) >= 11 is 0. The van der Waals surface area contributed by atoms with Gasteiger partial charge in [-0.3, -0.25) is 0 Å². The van der Waals surface area contributed by atoms with E-state index in [0.717, 1.165) is 0 Å². The second-order valence-corrected chi connectivity index (χ2v) is 4.82. The molecular formula is C13H15N7O. The molecule has 0 aromatic carbocycles. The number of nitrogens with zero attached hydrogens (tertiary/aromatic N) is 5. The van der Waals surface area contributed by atoms with Crippen LogP contribution in [0, 0.1) is 11.3 Å². The van der Waals surface area contributed by atoms with Crippen LogP contribution in [0.5, 0.6) is 0 Å². The van der Waals surface area contributed by atoms with Crippen LogP contribution in [0.25, 0.3) is 0 Å². The monoisotopic (exact) mass is 285 g/mol.